The molecule has 1 aromatic rings. The van der Waals surface area contributed by atoms with Gasteiger partial charge in [-0.25, -0.2) is 4.39 Å². The minimum Gasteiger partial charge on any atom is -0.491 e. The van der Waals surface area contributed by atoms with Crippen molar-refractivity contribution in [3.63, 3.8) is 0 Å². The van der Waals surface area contributed by atoms with Crippen molar-refractivity contribution in [3.8, 4) is 5.75 Å². The fraction of sp³-hybridized carbons (Fsp3) is 0.714. The van der Waals surface area contributed by atoms with E-state index in [1.54, 1.807) is 0 Å². The summed E-state index contributed by atoms with van der Waals surface area (Å²) in [7, 11) is 0. The molecule has 0 N–H and O–H groups in total. The van der Waals surface area contributed by atoms with Gasteiger partial charge in [0, 0.05) is 0 Å². The predicted molar refractivity (Wildman–Crippen MR) is 95.6 cm³/mol. The third kappa shape index (κ3) is 6.53. The molecule has 1 saturated carbocycles. The summed E-state index contributed by atoms with van der Waals surface area (Å²) in [6.45, 7) is 4.68. The van der Waals surface area contributed by atoms with Gasteiger partial charge < -0.3 is 4.74 Å². The van der Waals surface area contributed by atoms with E-state index >= 15 is 0 Å². The van der Waals surface area contributed by atoms with Crippen LogP contribution in [0.15, 0.2) is 30.3 Å². The third-order valence-electron chi connectivity index (χ3n) is 5.46. The number of ether oxygens (including phenoxy) is 1. The molecule has 2 unspecified atom stereocenters. The van der Waals surface area contributed by atoms with Gasteiger partial charge in [-0.15, -0.1) is 0 Å². The maximum Gasteiger partial charge on any atom is 0.134 e. The predicted octanol–water partition coefficient (Wildman–Crippen LogP) is 6.43. The van der Waals surface area contributed by atoms with E-state index in [1.807, 2.05) is 30.3 Å². The fourth-order valence-corrected chi connectivity index (χ4v) is 3.91. The molecule has 0 heterocycles. The van der Waals surface area contributed by atoms with Crippen LogP contribution in [0.4, 0.5) is 4.39 Å². The van der Waals surface area contributed by atoms with Crippen molar-refractivity contribution in [3.05, 3.63) is 30.3 Å². The summed E-state index contributed by atoms with van der Waals surface area (Å²) in [5, 5.41) is 0. The van der Waals surface area contributed by atoms with Crippen molar-refractivity contribution >= 4 is 0 Å². The Bertz CT molecular complexity index is 411. The molecule has 23 heavy (non-hydrogen) atoms. The van der Waals surface area contributed by atoms with E-state index in [2.05, 4.69) is 13.8 Å². The van der Waals surface area contributed by atoms with Gasteiger partial charge >= 0.3 is 0 Å². The van der Waals surface area contributed by atoms with Crippen LogP contribution in [-0.2, 0) is 0 Å². The van der Waals surface area contributed by atoms with Crippen LogP contribution in [-0.4, -0.2) is 12.8 Å². The Labute approximate surface area is 141 Å². The standard InChI is InChI=1S/C21H33FO/c1-3-4-8-18-11-13-19(14-12-18)17(2)15-20(22)16-23-21-9-6-5-7-10-21/h5-7,9-10,17-20H,3-4,8,11-16H2,1-2H3/t17?,18-,19-,20?. The molecule has 1 nitrogen and oxygen atoms in total. The smallest absolute Gasteiger partial charge is 0.134 e. The SMILES string of the molecule is CCCC[C@H]1CC[C@H](C(C)CC(F)COc2ccccc2)CC1. The quantitative estimate of drug-likeness (QED) is 0.509. The van der Waals surface area contributed by atoms with Crippen LogP contribution >= 0.6 is 0 Å². The van der Waals surface area contributed by atoms with Crippen molar-refractivity contribution in [2.45, 2.75) is 71.4 Å². The van der Waals surface area contributed by atoms with Gasteiger partial charge in [0.15, 0.2) is 0 Å². The summed E-state index contributed by atoms with van der Waals surface area (Å²) in [6.07, 6.45) is 9.15. The largest absolute Gasteiger partial charge is 0.491 e. The lowest BCUT2D eigenvalue weighted by molar-refractivity contribution is 0.133. The first kappa shape index (κ1) is 18.3. The molecule has 2 rings (SSSR count). The summed E-state index contributed by atoms with van der Waals surface area (Å²) in [4.78, 5) is 0. The molecule has 0 amide bonds. The Hall–Kier alpha value is -1.05. The minimum atomic E-state index is -0.858. The van der Waals surface area contributed by atoms with E-state index in [0.29, 0.717) is 18.3 Å². The molecule has 0 aromatic heterocycles. The Morgan fingerprint density at radius 3 is 2.48 bits per heavy atom. The highest BCUT2D eigenvalue weighted by molar-refractivity contribution is 5.20. The molecule has 2 heteroatoms. The van der Waals surface area contributed by atoms with Crippen LogP contribution in [0.5, 0.6) is 5.75 Å². The van der Waals surface area contributed by atoms with Gasteiger partial charge in [0.25, 0.3) is 0 Å². The number of benzene rings is 1. The lowest BCUT2D eigenvalue weighted by Gasteiger charge is -2.33. The van der Waals surface area contributed by atoms with Crippen molar-refractivity contribution in [2.24, 2.45) is 17.8 Å². The number of unbranched alkanes of at least 4 members (excludes halogenated alkanes) is 1. The van der Waals surface area contributed by atoms with Gasteiger partial charge in [0.05, 0.1) is 0 Å². The van der Waals surface area contributed by atoms with Crippen LogP contribution < -0.4 is 4.74 Å². The lowest BCUT2D eigenvalue weighted by Crippen LogP contribution is -2.24. The number of hydrogen-bond acceptors (Lipinski definition) is 1. The van der Waals surface area contributed by atoms with Crippen LogP contribution in [0, 0.1) is 17.8 Å². The monoisotopic (exact) mass is 320 g/mol. The normalized spacial score (nSPS) is 24.1. The number of hydrogen-bond donors (Lipinski definition) is 0. The van der Waals surface area contributed by atoms with Crippen molar-refractivity contribution in [1.29, 1.82) is 0 Å². The van der Waals surface area contributed by atoms with E-state index in [-0.39, 0.29) is 6.61 Å². The second-order valence-electron chi connectivity index (χ2n) is 7.36. The molecule has 0 bridgehead atoms. The number of para-hydroxylation sites is 1. The van der Waals surface area contributed by atoms with Gasteiger partial charge in [0.2, 0.25) is 0 Å². The van der Waals surface area contributed by atoms with Gasteiger partial charge in [-0.3, -0.25) is 0 Å². The third-order valence-corrected chi connectivity index (χ3v) is 5.46. The van der Waals surface area contributed by atoms with Gasteiger partial charge in [-0.05, 0) is 49.1 Å². The lowest BCUT2D eigenvalue weighted by atomic mass is 9.74. The molecule has 2 atom stereocenters. The molecule has 1 aliphatic rings. The topological polar surface area (TPSA) is 9.23 Å². The Morgan fingerprint density at radius 1 is 1.13 bits per heavy atom. The maximum atomic E-state index is 14.2. The molecule has 130 valence electrons. The Kier molecular flexibility index (Phi) is 7.91. The summed E-state index contributed by atoms with van der Waals surface area (Å²) in [6, 6.07) is 9.55. The minimum absolute atomic E-state index is 0.181. The summed E-state index contributed by atoms with van der Waals surface area (Å²) >= 11 is 0. The first-order valence-corrected chi connectivity index (χ1v) is 9.51. The molecule has 0 spiro atoms. The Morgan fingerprint density at radius 2 is 1.83 bits per heavy atom. The van der Waals surface area contributed by atoms with E-state index < -0.39 is 6.17 Å². The molecule has 0 saturated heterocycles. The zero-order chi connectivity index (χ0) is 16.5. The summed E-state index contributed by atoms with van der Waals surface area (Å²) < 4.78 is 19.8. The van der Waals surface area contributed by atoms with Crippen LogP contribution in [0.1, 0.15) is 65.2 Å². The zero-order valence-corrected chi connectivity index (χ0v) is 14.8. The second-order valence-corrected chi connectivity index (χ2v) is 7.36. The highest BCUT2D eigenvalue weighted by Gasteiger charge is 2.26. The van der Waals surface area contributed by atoms with Crippen LogP contribution in [0.3, 0.4) is 0 Å². The van der Waals surface area contributed by atoms with Gasteiger partial charge in [-0.2, -0.15) is 0 Å². The molecule has 1 fully saturated rings. The zero-order valence-electron chi connectivity index (χ0n) is 14.8. The van der Waals surface area contributed by atoms with Crippen molar-refractivity contribution in [2.75, 3.05) is 6.61 Å². The summed E-state index contributed by atoms with van der Waals surface area (Å²) in [5.74, 6) is 2.87. The highest BCUT2D eigenvalue weighted by atomic mass is 19.1. The first-order valence-electron chi connectivity index (χ1n) is 9.51. The maximum absolute atomic E-state index is 14.2. The average Bonchev–Trinajstić information content (AvgIpc) is 2.59. The molecule has 0 radical (unpaired) electrons. The fourth-order valence-electron chi connectivity index (χ4n) is 3.91. The highest BCUT2D eigenvalue weighted by Crippen LogP contribution is 2.37. The first-order chi connectivity index (χ1) is 11.2. The van der Waals surface area contributed by atoms with Crippen molar-refractivity contribution < 1.29 is 9.13 Å². The van der Waals surface area contributed by atoms with E-state index in [4.69, 9.17) is 4.74 Å². The molecular formula is C21H33FO. The molecule has 0 aliphatic heterocycles. The number of halogens is 1. The van der Waals surface area contributed by atoms with Crippen molar-refractivity contribution in [1.82, 2.24) is 0 Å². The number of alkyl halides is 1. The second kappa shape index (κ2) is 9.95. The summed E-state index contributed by atoms with van der Waals surface area (Å²) in [5.41, 5.74) is 0. The van der Waals surface area contributed by atoms with Crippen LogP contribution in [0.25, 0.3) is 0 Å². The van der Waals surface area contributed by atoms with Gasteiger partial charge in [-0.1, -0.05) is 64.2 Å². The van der Waals surface area contributed by atoms with Crippen LogP contribution in [0.2, 0.25) is 0 Å². The van der Waals surface area contributed by atoms with Gasteiger partial charge in [0.1, 0.15) is 18.5 Å². The van der Waals surface area contributed by atoms with E-state index in [9.17, 15) is 4.39 Å². The average molecular weight is 320 g/mol. The molecule has 1 aromatic carbocycles. The van der Waals surface area contributed by atoms with E-state index in [0.717, 1.165) is 11.7 Å². The van der Waals surface area contributed by atoms with E-state index in [1.165, 1.54) is 44.9 Å². The number of rotatable bonds is 9. The molecular weight excluding hydrogens is 287 g/mol. The molecule has 1 aliphatic carbocycles. The Balaban J connectivity index is 1.65.